The maximum absolute atomic E-state index is 10.2. The zero-order valence-corrected chi connectivity index (χ0v) is 13.9. The van der Waals surface area contributed by atoms with Gasteiger partial charge in [-0.05, 0) is 25.5 Å². The quantitative estimate of drug-likeness (QED) is 0.753. The van der Waals surface area contributed by atoms with Gasteiger partial charge >= 0.3 is 0 Å². The first-order valence-electron chi connectivity index (χ1n) is 7.76. The van der Waals surface area contributed by atoms with E-state index in [1.165, 1.54) is 0 Å². The maximum atomic E-state index is 10.2. The summed E-state index contributed by atoms with van der Waals surface area (Å²) >= 11 is 0. The average Bonchev–Trinajstić information content (AvgIpc) is 2.52. The van der Waals surface area contributed by atoms with Crippen LogP contribution in [0.15, 0.2) is 39.7 Å². The maximum Gasteiger partial charge on any atom is 0.159 e. The normalized spacial score (nSPS) is 13.7. The van der Waals surface area contributed by atoms with E-state index in [0.717, 1.165) is 17.5 Å². The van der Waals surface area contributed by atoms with E-state index in [-0.39, 0.29) is 11.8 Å². The molecule has 5 heteroatoms. The van der Waals surface area contributed by atoms with Crippen molar-refractivity contribution in [2.75, 3.05) is 19.0 Å². The van der Waals surface area contributed by atoms with E-state index in [4.69, 9.17) is 4.42 Å². The molecule has 23 heavy (non-hydrogen) atoms. The summed E-state index contributed by atoms with van der Waals surface area (Å²) in [6.45, 7) is 4.20. The molecule has 1 unspecified atom stereocenters. The Kier molecular flexibility index (Phi) is 3.94. The zero-order valence-electron chi connectivity index (χ0n) is 13.9. The van der Waals surface area contributed by atoms with Gasteiger partial charge in [0.25, 0.3) is 0 Å². The number of benzene rings is 2. The van der Waals surface area contributed by atoms with Crippen molar-refractivity contribution in [3.63, 3.8) is 0 Å². The van der Waals surface area contributed by atoms with Gasteiger partial charge in [0.15, 0.2) is 11.3 Å². The molecule has 3 rings (SSSR count). The molecule has 1 aliphatic heterocycles. The molecule has 1 aliphatic carbocycles. The molecule has 0 amide bonds. The number of phenolic OH excluding ortho intramolecular Hbond substituents is 1. The van der Waals surface area contributed by atoms with E-state index in [1.807, 2.05) is 43.3 Å². The third kappa shape index (κ3) is 2.99. The van der Waals surface area contributed by atoms with Crippen LogP contribution in [0.5, 0.6) is 5.75 Å². The number of hydrogen-bond donors (Lipinski definition) is 1. The van der Waals surface area contributed by atoms with Crippen LogP contribution in [0.4, 0.5) is 5.69 Å². The minimum Gasteiger partial charge on any atom is -0.505 e. The van der Waals surface area contributed by atoms with Crippen molar-refractivity contribution in [3.8, 4) is 17.2 Å². The van der Waals surface area contributed by atoms with Gasteiger partial charge < -0.3 is 14.4 Å². The Morgan fingerprint density at radius 2 is 2.04 bits per heavy atom. The number of phenols is 1. The second kappa shape index (κ2) is 5.91. The number of rotatable bonds is 3. The Balaban J connectivity index is 2.23. The molecule has 2 aliphatic rings. The monoisotopic (exact) mass is 311 g/mol. The highest BCUT2D eigenvalue weighted by molar-refractivity contribution is 5.85. The van der Waals surface area contributed by atoms with Gasteiger partial charge in [-0.25, -0.2) is 4.98 Å². The van der Waals surface area contributed by atoms with Crippen LogP contribution in [0, 0.1) is 0 Å². The topological polar surface area (TPSA) is 61.9 Å². The Hall–Kier alpha value is -2.56. The van der Waals surface area contributed by atoms with Crippen molar-refractivity contribution in [2.45, 2.75) is 26.3 Å². The van der Waals surface area contributed by atoms with E-state index in [0.29, 0.717) is 22.6 Å². The van der Waals surface area contributed by atoms with Crippen molar-refractivity contribution < 1.29 is 9.52 Å². The molecule has 1 heterocycles. The van der Waals surface area contributed by atoms with E-state index in [2.05, 4.69) is 23.8 Å². The molecule has 5 nitrogen and oxygen atoms in total. The van der Waals surface area contributed by atoms with Gasteiger partial charge in [0.2, 0.25) is 0 Å². The van der Waals surface area contributed by atoms with Gasteiger partial charge in [0.1, 0.15) is 17.0 Å². The minimum absolute atomic E-state index is 0.116. The van der Waals surface area contributed by atoms with Gasteiger partial charge in [-0.15, -0.1) is 0 Å². The number of aromatic nitrogens is 1. The van der Waals surface area contributed by atoms with Gasteiger partial charge in [-0.3, -0.25) is 4.99 Å². The number of anilines is 1. The predicted octanol–water partition coefficient (Wildman–Crippen LogP) is 3.40. The SMILES string of the molecule is CCC(C)/N=c1/ccc2nc3c(O)cc(N(C)C)cc3oc-2c1. The molecule has 0 saturated carbocycles. The van der Waals surface area contributed by atoms with Crippen molar-refractivity contribution in [1.82, 2.24) is 4.98 Å². The van der Waals surface area contributed by atoms with Crippen LogP contribution in [-0.2, 0) is 0 Å². The fraction of sp³-hybridized carbons (Fsp3) is 0.333. The molecule has 1 N–H and O–H groups in total. The summed E-state index contributed by atoms with van der Waals surface area (Å²) in [5.74, 6) is 0.780. The van der Waals surface area contributed by atoms with E-state index >= 15 is 0 Å². The lowest BCUT2D eigenvalue weighted by Crippen LogP contribution is -2.09. The summed E-state index contributed by atoms with van der Waals surface area (Å²) in [5, 5.41) is 11.1. The number of aromatic hydroxyl groups is 1. The first-order chi connectivity index (χ1) is 11.0. The average molecular weight is 311 g/mol. The lowest BCUT2D eigenvalue weighted by atomic mass is 10.2. The van der Waals surface area contributed by atoms with Gasteiger partial charge in [0.05, 0.1) is 5.36 Å². The van der Waals surface area contributed by atoms with Crippen molar-refractivity contribution in [3.05, 3.63) is 35.7 Å². The molecule has 0 fully saturated rings. The number of nitrogens with zero attached hydrogens (tertiary/aromatic N) is 3. The summed E-state index contributed by atoms with van der Waals surface area (Å²) in [5.41, 5.74) is 2.59. The number of hydrogen-bond acceptors (Lipinski definition) is 5. The van der Waals surface area contributed by atoms with Crippen LogP contribution in [0.1, 0.15) is 20.3 Å². The Labute approximate surface area is 135 Å². The van der Waals surface area contributed by atoms with E-state index in [1.54, 1.807) is 6.07 Å². The Morgan fingerprint density at radius 1 is 1.26 bits per heavy atom. The highest BCUT2D eigenvalue weighted by Gasteiger charge is 2.13. The fourth-order valence-corrected chi connectivity index (χ4v) is 2.37. The molecule has 120 valence electrons. The molecule has 0 aromatic heterocycles. The summed E-state index contributed by atoms with van der Waals surface area (Å²) in [4.78, 5) is 11.1. The Bertz CT molecular complexity index is 883. The summed E-state index contributed by atoms with van der Waals surface area (Å²) in [6, 6.07) is 9.52. The predicted molar refractivity (Wildman–Crippen MR) is 91.9 cm³/mol. The van der Waals surface area contributed by atoms with E-state index < -0.39 is 0 Å². The lowest BCUT2D eigenvalue weighted by molar-refractivity contribution is 0.478. The zero-order chi connectivity index (χ0) is 16.6. The number of fused-ring (bicyclic) bond motifs is 2. The highest BCUT2D eigenvalue weighted by Crippen LogP contribution is 2.32. The molecular formula is C18H21N3O2. The van der Waals surface area contributed by atoms with Crippen LogP contribution in [-0.4, -0.2) is 30.2 Å². The molecule has 0 radical (unpaired) electrons. The van der Waals surface area contributed by atoms with Crippen LogP contribution in [0.3, 0.4) is 0 Å². The molecule has 0 spiro atoms. The minimum atomic E-state index is 0.116. The van der Waals surface area contributed by atoms with Crippen molar-refractivity contribution in [2.24, 2.45) is 4.99 Å². The van der Waals surface area contributed by atoms with Crippen molar-refractivity contribution in [1.29, 1.82) is 0 Å². The first-order valence-corrected chi connectivity index (χ1v) is 7.76. The van der Waals surface area contributed by atoms with Crippen LogP contribution in [0.25, 0.3) is 22.6 Å². The molecule has 1 aromatic carbocycles. The third-order valence-corrected chi connectivity index (χ3v) is 3.91. The molecule has 0 bridgehead atoms. The Morgan fingerprint density at radius 3 is 2.74 bits per heavy atom. The molecule has 1 aromatic rings. The lowest BCUT2D eigenvalue weighted by Gasteiger charge is -2.14. The summed E-state index contributed by atoms with van der Waals surface area (Å²) in [6.07, 6.45) is 0.991. The van der Waals surface area contributed by atoms with Gasteiger partial charge in [-0.2, -0.15) is 0 Å². The summed E-state index contributed by atoms with van der Waals surface area (Å²) in [7, 11) is 3.83. The largest absolute Gasteiger partial charge is 0.505 e. The molecule has 1 atom stereocenters. The first kappa shape index (κ1) is 15.3. The van der Waals surface area contributed by atoms with Gasteiger partial charge in [-0.1, -0.05) is 6.92 Å². The van der Waals surface area contributed by atoms with Crippen LogP contribution >= 0.6 is 0 Å². The summed E-state index contributed by atoms with van der Waals surface area (Å²) < 4.78 is 5.96. The second-order valence-corrected chi connectivity index (χ2v) is 5.96. The third-order valence-electron chi connectivity index (χ3n) is 3.91. The highest BCUT2D eigenvalue weighted by atomic mass is 16.3. The van der Waals surface area contributed by atoms with Crippen LogP contribution in [0.2, 0.25) is 0 Å². The van der Waals surface area contributed by atoms with Gasteiger partial charge in [0, 0.05) is 44.0 Å². The van der Waals surface area contributed by atoms with Crippen molar-refractivity contribution >= 4 is 16.8 Å². The van der Waals surface area contributed by atoms with Crippen LogP contribution < -0.4 is 10.3 Å². The fourth-order valence-electron chi connectivity index (χ4n) is 2.37. The second-order valence-electron chi connectivity index (χ2n) is 5.96. The van der Waals surface area contributed by atoms with E-state index in [9.17, 15) is 5.11 Å². The standard InChI is InChI=1S/C18H21N3O2/c1-5-11(2)19-12-6-7-14-16(8-12)23-17-10-13(21(3)4)9-15(22)18(17)20-14/h6-11,22H,5H2,1-4H3/b19-12-. The molecular weight excluding hydrogens is 290 g/mol. The molecule has 0 saturated heterocycles. The smallest absolute Gasteiger partial charge is 0.159 e.